The Balaban J connectivity index is 2.25. The molecule has 0 fully saturated rings. The van der Waals surface area contributed by atoms with Crippen LogP contribution in [-0.4, -0.2) is 4.98 Å². The maximum atomic E-state index is 13.1. The second-order valence-corrected chi connectivity index (χ2v) is 2.77. The summed E-state index contributed by atoms with van der Waals surface area (Å²) in [5, 5.41) is 0. The number of aromatic nitrogens is 1. The monoisotopic (exact) mass is 206 g/mol. The van der Waals surface area contributed by atoms with Crippen molar-refractivity contribution in [2.75, 3.05) is 0 Å². The largest absolute Gasteiger partial charge is 0.436 e. The Morgan fingerprint density at radius 1 is 1.27 bits per heavy atom. The van der Waals surface area contributed by atoms with Crippen molar-refractivity contribution in [3.8, 4) is 11.6 Å². The number of ether oxygens (including phenoxy) is 1. The molecule has 1 heterocycles. The molecule has 0 saturated heterocycles. The highest BCUT2D eigenvalue weighted by molar-refractivity contribution is 5.28. The molecule has 0 saturated carbocycles. The lowest BCUT2D eigenvalue weighted by molar-refractivity contribution is 0.423. The first-order valence-electron chi connectivity index (χ1n) is 4.21. The van der Waals surface area contributed by atoms with E-state index in [-0.39, 0.29) is 11.6 Å². The minimum Gasteiger partial charge on any atom is -0.436 e. The summed E-state index contributed by atoms with van der Waals surface area (Å²) in [6, 6.07) is 8.86. The Morgan fingerprint density at radius 3 is 2.80 bits per heavy atom. The van der Waals surface area contributed by atoms with E-state index >= 15 is 0 Å². The van der Waals surface area contributed by atoms with Crippen LogP contribution in [0, 0.1) is 17.7 Å². The van der Waals surface area contributed by atoms with E-state index in [1.54, 1.807) is 6.07 Å². The van der Waals surface area contributed by atoms with Gasteiger partial charge in [0.2, 0.25) is 5.88 Å². The maximum Gasteiger partial charge on any atom is 0.219 e. The van der Waals surface area contributed by atoms with E-state index in [4.69, 9.17) is 4.74 Å². The highest BCUT2D eigenvalue weighted by Crippen LogP contribution is 2.22. The van der Waals surface area contributed by atoms with E-state index in [2.05, 4.69) is 11.1 Å². The lowest BCUT2D eigenvalue weighted by Gasteiger charge is -2.04. The Bertz CT molecular complexity index is 459. The summed E-state index contributed by atoms with van der Waals surface area (Å²) < 4.78 is 30.8. The molecule has 2 nitrogen and oxygen atoms in total. The summed E-state index contributed by atoms with van der Waals surface area (Å²) in [6.45, 7) is 0. The fourth-order valence-corrected chi connectivity index (χ4v) is 1.04. The standard InChI is InChI=1S/C11H6F2NO/c12-8-4-5-10(9(13)7-8)15-11-3-1-2-6-14-11/h2-7H. The topological polar surface area (TPSA) is 22.1 Å². The van der Waals surface area contributed by atoms with Gasteiger partial charge < -0.3 is 4.74 Å². The molecule has 15 heavy (non-hydrogen) atoms. The number of hydrogen-bond acceptors (Lipinski definition) is 2. The van der Waals surface area contributed by atoms with Gasteiger partial charge in [0.1, 0.15) is 5.82 Å². The van der Waals surface area contributed by atoms with Gasteiger partial charge in [-0.2, -0.15) is 0 Å². The van der Waals surface area contributed by atoms with Crippen molar-refractivity contribution in [3.05, 3.63) is 54.2 Å². The first-order chi connectivity index (χ1) is 7.25. The Kier molecular flexibility index (Phi) is 2.58. The van der Waals surface area contributed by atoms with Crippen molar-refractivity contribution >= 4 is 0 Å². The molecule has 0 spiro atoms. The highest BCUT2D eigenvalue weighted by atomic mass is 19.1. The molecule has 0 N–H and O–H groups in total. The van der Waals surface area contributed by atoms with Gasteiger partial charge in [-0.15, -0.1) is 0 Å². The molecule has 4 heteroatoms. The number of halogens is 2. The molecular formula is C11H6F2NO. The van der Waals surface area contributed by atoms with Crippen LogP contribution in [0.1, 0.15) is 0 Å². The van der Waals surface area contributed by atoms with Crippen LogP contribution in [-0.2, 0) is 0 Å². The third-order valence-corrected chi connectivity index (χ3v) is 1.69. The van der Waals surface area contributed by atoms with Crippen molar-refractivity contribution in [1.29, 1.82) is 0 Å². The molecule has 0 amide bonds. The maximum absolute atomic E-state index is 13.1. The number of rotatable bonds is 2. The van der Waals surface area contributed by atoms with Gasteiger partial charge >= 0.3 is 0 Å². The molecule has 2 rings (SSSR count). The van der Waals surface area contributed by atoms with Gasteiger partial charge in [-0.3, -0.25) is 0 Å². The van der Waals surface area contributed by atoms with Crippen molar-refractivity contribution < 1.29 is 13.5 Å². The zero-order chi connectivity index (χ0) is 10.7. The minimum absolute atomic E-state index is 0.0662. The van der Waals surface area contributed by atoms with Crippen molar-refractivity contribution in [3.63, 3.8) is 0 Å². The first kappa shape index (κ1) is 9.58. The quantitative estimate of drug-likeness (QED) is 0.753. The molecule has 0 unspecified atom stereocenters. The van der Waals surface area contributed by atoms with Gasteiger partial charge in [-0.1, -0.05) is 0 Å². The van der Waals surface area contributed by atoms with Crippen molar-refractivity contribution in [2.24, 2.45) is 0 Å². The van der Waals surface area contributed by atoms with E-state index in [0.29, 0.717) is 0 Å². The molecule has 0 aliphatic heterocycles. The normalized spacial score (nSPS) is 10.0. The molecule has 0 aliphatic carbocycles. The van der Waals surface area contributed by atoms with Gasteiger partial charge in [0.25, 0.3) is 0 Å². The molecule has 0 aliphatic rings. The van der Waals surface area contributed by atoms with Crippen LogP contribution in [0.4, 0.5) is 8.78 Å². The van der Waals surface area contributed by atoms with Crippen molar-refractivity contribution in [1.82, 2.24) is 4.98 Å². The second kappa shape index (κ2) is 4.04. The van der Waals surface area contributed by atoms with Gasteiger partial charge in [-0.05, 0) is 24.3 Å². The van der Waals surface area contributed by atoms with Crippen molar-refractivity contribution in [2.45, 2.75) is 0 Å². The minimum atomic E-state index is -0.763. The van der Waals surface area contributed by atoms with Crippen LogP contribution in [0.5, 0.6) is 11.6 Å². The molecule has 1 radical (unpaired) electrons. The summed E-state index contributed by atoms with van der Waals surface area (Å²) in [6.07, 6.45) is 1.47. The third kappa shape index (κ3) is 2.28. The summed E-state index contributed by atoms with van der Waals surface area (Å²) in [5.41, 5.74) is 0. The first-order valence-corrected chi connectivity index (χ1v) is 4.21. The fraction of sp³-hybridized carbons (Fsp3) is 0. The van der Waals surface area contributed by atoms with Crippen LogP contribution in [0.25, 0.3) is 0 Å². The Hall–Kier alpha value is -1.97. The van der Waals surface area contributed by atoms with E-state index in [1.807, 2.05) is 0 Å². The van der Waals surface area contributed by atoms with E-state index in [0.717, 1.165) is 12.1 Å². The van der Waals surface area contributed by atoms with Gasteiger partial charge in [0.15, 0.2) is 11.6 Å². The average Bonchev–Trinajstić information content (AvgIpc) is 2.24. The zero-order valence-corrected chi connectivity index (χ0v) is 7.58. The van der Waals surface area contributed by atoms with E-state index < -0.39 is 11.6 Å². The number of pyridine rings is 1. The fourth-order valence-electron chi connectivity index (χ4n) is 1.04. The van der Waals surface area contributed by atoms with Crippen LogP contribution < -0.4 is 4.74 Å². The average molecular weight is 206 g/mol. The summed E-state index contributed by atoms with van der Waals surface area (Å²) in [5.74, 6) is -1.26. The van der Waals surface area contributed by atoms with Crippen LogP contribution >= 0.6 is 0 Å². The molecule has 1 aromatic carbocycles. The SMILES string of the molecule is Fc1ccc(Oc2c[c]ccn2)c(F)c1. The molecule has 0 bridgehead atoms. The molecule has 1 aromatic heterocycles. The predicted molar refractivity (Wildman–Crippen MR) is 49.5 cm³/mol. The van der Waals surface area contributed by atoms with Gasteiger partial charge in [0.05, 0.1) is 0 Å². The Morgan fingerprint density at radius 2 is 2.13 bits per heavy atom. The smallest absolute Gasteiger partial charge is 0.219 e. The second-order valence-electron chi connectivity index (χ2n) is 2.77. The van der Waals surface area contributed by atoms with E-state index in [1.165, 1.54) is 18.3 Å². The highest BCUT2D eigenvalue weighted by Gasteiger charge is 2.05. The molecule has 75 valence electrons. The number of benzene rings is 1. The lowest BCUT2D eigenvalue weighted by Crippen LogP contribution is -1.90. The number of hydrogen-bond donors (Lipinski definition) is 0. The van der Waals surface area contributed by atoms with Crippen LogP contribution in [0.2, 0.25) is 0 Å². The Labute approximate surface area is 85.2 Å². The van der Waals surface area contributed by atoms with Crippen LogP contribution in [0.3, 0.4) is 0 Å². The molecular weight excluding hydrogens is 200 g/mol. The van der Waals surface area contributed by atoms with E-state index in [9.17, 15) is 8.78 Å². The predicted octanol–water partition coefficient (Wildman–Crippen LogP) is 2.95. The lowest BCUT2D eigenvalue weighted by atomic mass is 10.3. The molecule has 2 aromatic rings. The van der Waals surface area contributed by atoms with Gasteiger partial charge in [-0.25, -0.2) is 13.8 Å². The summed E-state index contributed by atoms with van der Waals surface area (Å²) in [4.78, 5) is 3.82. The summed E-state index contributed by atoms with van der Waals surface area (Å²) >= 11 is 0. The van der Waals surface area contributed by atoms with Crippen LogP contribution in [0.15, 0.2) is 36.5 Å². The van der Waals surface area contributed by atoms with Gasteiger partial charge in [0, 0.05) is 18.3 Å². The number of nitrogens with zero attached hydrogens (tertiary/aromatic N) is 1. The molecule has 0 atom stereocenters. The zero-order valence-electron chi connectivity index (χ0n) is 7.58. The summed E-state index contributed by atoms with van der Waals surface area (Å²) in [7, 11) is 0. The third-order valence-electron chi connectivity index (χ3n) is 1.69.